The summed E-state index contributed by atoms with van der Waals surface area (Å²) in [7, 11) is 0. The van der Waals surface area contributed by atoms with E-state index in [0.717, 1.165) is 0 Å². The molecule has 1 aromatic carbocycles. The number of alkyl halides is 3. The van der Waals surface area contributed by atoms with Crippen LogP contribution in [0.25, 0.3) is 11.1 Å². The predicted molar refractivity (Wildman–Crippen MR) is 118 cm³/mol. The number of amides is 1. The van der Waals surface area contributed by atoms with Crippen LogP contribution in [0.5, 0.6) is 5.75 Å². The van der Waals surface area contributed by atoms with E-state index in [1.54, 1.807) is 18.5 Å². The zero-order chi connectivity index (χ0) is 23.6. The summed E-state index contributed by atoms with van der Waals surface area (Å²) in [5, 5.41) is 12.9. The summed E-state index contributed by atoms with van der Waals surface area (Å²) in [4.78, 5) is 27.4. The first-order valence-corrected chi connectivity index (χ1v) is 10.4. The first-order chi connectivity index (χ1) is 15.7. The number of pyridine rings is 1. The molecule has 172 valence electrons. The van der Waals surface area contributed by atoms with E-state index in [9.17, 15) is 18.7 Å². The lowest BCUT2D eigenvalue weighted by Gasteiger charge is -2.21. The fourth-order valence-corrected chi connectivity index (χ4v) is 3.64. The van der Waals surface area contributed by atoms with Gasteiger partial charge in [-0.2, -0.15) is 0 Å². The minimum absolute atomic E-state index is 0.0837. The molecule has 1 saturated heterocycles. The van der Waals surface area contributed by atoms with E-state index >= 15 is 0 Å². The molecule has 1 fully saturated rings. The lowest BCUT2D eigenvalue weighted by atomic mass is 10.1. The van der Waals surface area contributed by atoms with Gasteiger partial charge in [0.25, 0.3) is 5.91 Å². The molecule has 0 bridgehead atoms. The van der Waals surface area contributed by atoms with Gasteiger partial charge in [0.2, 0.25) is 0 Å². The Morgan fingerprint density at radius 3 is 2.52 bits per heavy atom. The summed E-state index contributed by atoms with van der Waals surface area (Å²) in [6.07, 6.45) is 5.62. The van der Waals surface area contributed by atoms with Crippen LogP contribution in [0.3, 0.4) is 0 Å². The lowest BCUT2D eigenvalue weighted by Crippen LogP contribution is -2.23. The maximum absolute atomic E-state index is 12.8. The van der Waals surface area contributed by atoms with Crippen LogP contribution in [0.1, 0.15) is 17.3 Å². The standard InChI is InChI=1S/C22H20ClF2N5O3/c1-13-10-30(11-19(13)31)20-18(15-7-26-12-27-8-15)6-14(9-28-20)21(32)29-16-2-4-17(5-3-16)33-22(23,24)25/h2-9,12-13,19,31H,10-11H2,1H3,(H,29,32)/t13-,19-/m0/s1. The van der Waals surface area contributed by atoms with E-state index in [1.165, 1.54) is 36.8 Å². The number of nitrogens with one attached hydrogen (secondary N) is 1. The van der Waals surface area contributed by atoms with Gasteiger partial charge in [-0.3, -0.25) is 4.79 Å². The number of hydrogen-bond donors (Lipinski definition) is 2. The van der Waals surface area contributed by atoms with Crippen molar-refractivity contribution in [3.8, 4) is 16.9 Å². The maximum Gasteiger partial charge on any atom is 0.487 e. The SMILES string of the molecule is C[C@H]1CN(c2ncc(C(=O)Nc3ccc(OC(F)(F)Cl)cc3)cc2-c2cncnc2)C[C@@H]1O. The average Bonchev–Trinajstić information content (AvgIpc) is 3.12. The third-order valence-electron chi connectivity index (χ3n) is 5.22. The van der Waals surface area contributed by atoms with Gasteiger partial charge in [0.1, 0.15) is 17.9 Å². The Morgan fingerprint density at radius 2 is 1.91 bits per heavy atom. The monoisotopic (exact) mass is 475 g/mol. The number of β-amino-alcohol motifs (C(OH)–C–C–N with tert-alkyl or cyclic N) is 1. The van der Waals surface area contributed by atoms with Crippen molar-refractivity contribution in [2.24, 2.45) is 5.92 Å². The molecule has 0 saturated carbocycles. The van der Waals surface area contributed by atoms with Gasteiger partial charge in [-0.25, -0.2) is 15.0 Å². The molecule has 1 aliphatic rings. The molecule has 8 nitrogen and oxygen atoms in total. The third-order valence-corrected chi connectivity index (χ3v) is 5.30. The van der Waals surface area contributed by atoms with E-state index in [4.69, 9.17) is 11.6 Å². The molecule has 3 aromatic rings. The fraction of sp³-hybridized carbons (Fsp3) is 0.273. The van der Waals surface area contributed by atoms with Crippen LogP contribution < -0.4 is 15.0 Å². The highest BCUT2D eigenvalue weighted by atomic mass is 35.5. The van der Waals surface area contributed by atoms with Crippen molar-refractivity contribution in [2.45, 2.75) is 18.6 Å². The molecule has 3 heterocycles. The van der Waals surface area contributed by atoms with Crippen molar-refractivity contribution >= 4 is 29.0 Å². The molecule has 33 heavy (non-hydrogen) atoms. The van der Waals surface area contributed by atoms with E-state index in [-0.39, 0.29) is 17.2 Å². The third kappa shape index (κ3) is 5.52. The Hall–Kier alpha value is -3.37. The number of aliphatic hydroxyl groups is 1. The Labute approximate surface area is 193 Å². The highest BCUT2D eigenvalue weighted by Gasteiger charge is 2.30. The first kappa shape index (κ1) is 22.8. The molecule has 0 radical (unpaired) electrons. The number of carbonyl (C=O) groups is 1. The van der Waals surface area contributed by atoms with Crippen LogP contribution in [0.15, 0.2) is 55.2 Å². The second-order valence-electron chi connectivity index (χ2n) is 7.70. The zero-order valence-corrected chi connectivity index (χ0v) is 18.2. The second-order valence-corrected chi connectivity index (χ2v) is 8.14. The number of benzene rings is 1. The summed E-state index contributed by atoms with van der Waals surface area (Å²) in [5.41, 5.74) is -1.85. The maximum atomic E-state index is 12.8. The van der Waals surface area contributed by atoms with Crippen molar-refractivity contribution < 1.29 is 23.4 Å². The summed E-state index contributed by atoms with van der Waals surface area (Å²) >= 11 is 4.75. The molecule has 2 N–H and O–H groups in total. The number of nitrogens with zero attached hydrogens (tertiary/aromatic N) is 4. The number of ether oxygens (including phenoxy) is 1. The number of halogens is 3. The molecule has 1 aliphatic heterocycles. The lowest BCUT2D eigenvalue weighted by molar-refractivity contribution is -0.0964. The normalized spacial score (nSPS) is 18.3. The molecular formula is C22H20ClF2N5O3. The molecule has 0 unspecified atom stereocenters. The predicted octanol–water partition coefficient (Wildman–Crippen LogP) is 3.78. The molecule has 0 spiro atoms. The van der Waals surface area contributed by atoms with Crippen molar-refractivity contribution in [1.29, 1.82) is 0 Å². The summed E-state index contributed by atoms with van der Waals surface area (Å²) in [6.45, 7) is 3.01. The van der Waals surface area contributed by atoms with Gasteiger partial charge in [-0.05, 0) is 30.3 Å². The van der Waals surface area contributed by atoms with Gasteiger partial charge in [-0.15, -0.1) is 8.78 Å². The van der Waals surface area contributed by atoms with Gasteiger partial charge in [0.15, 0.2) is 0 Å². The number of carbonyl (C=O) groups excluding carboxylic acids is 1. The Balaban J connectivity index is 1.58. The number of aromatic nitrogens is 3. The molecule has 0 aliphatic carbocycles. The molecular weight excluding hydrogens is 456 g/mol. The smallest absolute Gasteiger partial charge is 0.420 e. The van der Waals surface area contributed by atoms with E-state index in [0.29, 0.717) is 35.7 Å². The minimum atomic E-state index is -3.82. The fourth-order valence-electron chi connectivity index (χ4n) is 3.55. The molecule has 1 amide bonds. The van der Waals surface area contributed by atoms with Crippen LogP contribution >= 0.6 is 11.6 Å². The molecule has 4 rings (SSSR count). The summed E-state index contributed by atoms with van der Waals surface area (Å²) in [5.74, 6) is 0.110. The van der Waals surface area contributed by atoms with E-state index < -0.39 is 17.6 Å². The van der Waals surface area contributed by atoms with Gasteiger partial charge in [-0.1, -0.05) is 6.92 Å². The minimum Gasteiger partial charge on any atom is -0.420 e. The Bertz CT molecular complexity index is 1120. The summed E-state index contributed by atoms with van der Waals surface area (Å²) < 4.78 is 29.8. The zero-order valence-electron chi connectivity index (χ0n) is 17.5. The highest BCUT2D eigenvalue weighted by Crippen LogP contribution is 2.33. The van der Waals surface area contributed by atoms with Gasteiger partial charge in [0.05, 0.1) is 11.7 Å². The van der Waals surface area contributed by atoms with Crippen LogP contribution in [-0.4, -0.2) is 50.7 Å². The topological polar surface area (TPSA) is 100 Å². The number of aliphatic hydroxyl groups excluding tert-OH is 1. The summed E-state index contributed by atoms with van der Waals surface area (Å²) in [6, 6.07) is 7.03. The largest absolute Gasteiger partial charge is 0.487 e. The van der Waals surface area contributed by atoms with Crippen molar-refractivity contribution in [3.63, 3.8) is 0 Å². The van der Waals surface area contributed by atoms with Gasteiger partial charge >= 0.3 is 5.57 Å². The van der Waals surface area contributed by atoms with Crippen molar-refractivity contribution in [1.82, 2.24) is 15.0 Å². The Morgan fingerprint density at radius 1 is 1.21 bits per heavy atom. The first-order valence-electron chi connectivity index (χ1n) is 10.1. The molecule has 2 aromatic heterocycles. The number of rotatable bonds is 6. The molecule has 11 heteroatoms. The number of hydrogen-bond acceptors (Lipinski definition) is 7. The highest BCUT2D eigenvalue weighted by molar-refractivity contribution is 6.20. The van der Waals surface area contributed by atoms with Crippen LogP contribution in [0.4, 0.5) is 20.3 Å². The quantitative estimate of drug-likeness (QED) is 0.523. The Kier molecular flexibility index (Phi) is 6.39. The van der Waals surface area contributed by atoms with Crippen molar-refractivity contribution in [3.05, 3.63) is 60.8 Å². The van der Waals surface area contributed by atoms with Crippen LogP contribution in [-0.2, 0) is 0 Å². The second kappa shape index (κ2) is 9.24. The van der Waals surface area contributed by atoms with E-state index in [1.807, 2.05) is 11.8 Å². The molecule has 2 atom stereocenters. The average molecular weight is 476 g/mol. The van der Waals surface area contributed by atoms with Crippen LogP contribution in [0, 0.1) is 5.92 Å². The van der Waals surface area contributed by atoms with Gasteiger partial charge < -0.3 is 20.1 Å². The van der Waals surface area contributed by atoms with Crippen molar-refractivity contribution in [2.75, 3.05) is 23.3 Å². The van der Waals surface area contributed by atoms with Gasteiger partial charge in [0, 0.05) is 66.0 Å². The number of anilines is 2. The van der Waals surface area contributed by atoms with Crippen LogP contribution in [0.2, 0.25) is 0 Å². The van der Waals surface area contributed by atoms with E-state index in [2.05, 4.69) is 25.0 Å².